The SMILES string of the molecule is COc1ccc([N+](=O)[O-])c(OCC(C)(N)C(=O)O)c1. The van der Waals surface area contributed by atoms with Gasteiger partial charge in [-0.05, 0) is 13.0 Å². The van der Waals surface area contributed by atoms with Gasteiger partial charge < -0.3 is 20.3 Å². The van der Waals surface area contributed by atoms with Gasteiger partial charge in [0.05, 0.1) is 12.0 Å². The highest BCUT2D eigenvalue weighted by molar-refractivity contribution is 5.78. The molecule has 1 unspecified atom stereocenters. The standard InChI is InChI=1S/C11H14N2O6/c1-11(12,10(14)15)6-19-9-5-7(18-2)3-4-8(9)13(16)17/h3-5H,6,12H2,1-2H3,(H,14,15). The monoisotopic (exact) mass is 270 g/mol. The fourth-order valence-electron chi connectivity index (χ4n) is 1.18. The van der Waals surface area contributed by atoms with Crippen LogP contribution in [0.5, 0.6) is 11.5 Å². The van der Waals surface area contributed by atoms with E-state index in [-0.39, 0.29) is 11.4 Å². The minimum atomic E-state index is -1.64. The van der Waals surface area contributed by atoms with Gasteiger partial charge in [-0.25, -0.2) is 0 Å². The smallest absolute Gasteiger partial charge is 0.326 e. The number of carboxylic acids is 1. The van der Waals surface area contributed by atoms with Crippen molar-refractivity contribution in [3.63, 3.8) is 0 Å². The van der Waals surface area contributed by atoms with Crippen LogP contribution in [0.3, 0.4) is 0 Å². The van der Waals surface area contributed by atoms with Crippen molar-refractivity contribution in [1.29, 1.82) is 0 Å². The number of carbonyl (C=O) groups is 1. The molecule has 1 aromatic rings. The summed E-state index contributed by atoms with van der Waals surface area (Å²) < 4.78 is 10.1. The fraction of sp³-hybridized carbons (Fsp3) is 0.364. The van der Waals surface area contributed by atoms with Gasteiger partial charge >= 0.3 is 11.7 Å². The Labute approximate surface area is 108 Å². The number of nitro benzene ring substituents is 1. The largest absolute Gasteiger partial charge is 0.497 e. The van der Waals surface area contributed by atoms with Gasteiger partial charge in [0.25, 0.3) is 0 Å². The minimum Gasteiger partial charge on any atom is -0.497 e. The molecule has 8 nitrogen and oxygen atoms in total. The van der Waals surface area contributed by atoms with Crippen molar-refractivity contribution in [3.05, 3.63) is 28.3 Å². The van der Waals surface area contributed by atoms with Crippen molar-refractivity contribution < 1.29 is 24.3 Å². The summed E-state index contributed by atoms with van der Waals surface area (Å²) in [7, 11) is 1.40. The maximum Gasteiger partial charge on any atom is 0.326 e. The van der Waals surface area contributed by atoms with E-state index in [4.69, 9.17) is 20.3 Å². The van der Waals surface area contributed by atoms with Crippen LogP contribution in [0.15, 0.2) is 18.2 Å². The number of ether oxygens (including phenoxy) is 2. The third-order valence-corrected chi connectivity index (χ3v) is 2.38. The molecule has 0 fully saturated rings. The summed E-state index contributed by atoms with van der Waals surface area (Å²) in [5.74, 6) is -1.00. The molecule has 0 amide bonds. The van der Waals surface area contributed by atoms with Crippen molar-refractivity contribution in [2.45, 2.75) is 12.5 Å². The molecule has 0 aliphatic heterocycles. The Morgan fingerprint density at radius 3 is 2.68 bits per heavy atom. The number of hydrogen-bond acceptors (Lipinski definition) is 6. The molecule has 0 radical (unpaired) electrons. The molecule has 3 N–H and O–H groups in total. The van der Waals surface area contributed by atoms with Crippen LogP contribution in [0.25, 0.3) is 0 Å². The number of hydrogen-bond donors (Lipinski definition) is 2. The van der Waals surface area contributed by atoms with E-state index in [0.717, 1.165) is 0 Å². The van der Waals surface area contributed by atoms with Crippen LogP contribution in [0.2, 0.25) is 0 Å². The molecule has 104 valence electrons. The maximum atomic E-state index is 10.8. The third-order valence-electron chi connectivity index (χ3n) is 2.38. The average molecular weight is 270 g/mol. The zero-order valence-corrected chi connectivity index (χ0v) is 10.5. The second-order valence-electron chi connectivity index (χ2n) is 4.10. The molecular weight excluding hydrogens is 256 g/mol. The molecule has 0 bridgehead atoms. The molecule has 0 spiro atoms. The second kappa shape index (κ2) is 5.53. The molecule has 0 saturated carbocycles. The van der Waals surface area contributed by atoms with E-state index in [1.165, 1.54) is 32.2 Å². The van der Waals surface area contributed by atoms with E-state index in [1.54, 1.807) is 0 Å². The summed E-state index contributed by atoms with van der Waals surface area (Å²) in [4.78, 5) is 21.0. The molecule has 0 saturated heterocycles. The van der Waals surface area contributed by atoms with E-state index < -0.39 is 23.0 Å². The number of aliphatic carboxylic acids is 1. The lowest BCUT2D eigenvalue weighted by molar-refractivity contribution is -0.385. The summed E-state index contributed by atoms with van der Waals surface area (Å²) in [5.41, 5.74) is 3.55. The summed E-state index contributed by atoms with van der Waals surface area (Å²) >= 11 is 0. The van der Waals surface area contributed by atoms with Gasteiger partial charge in [0.2, 0.25) is 5.75 Å². The van der Waals surface area contributed by atoms with Crippen molar-refractivity contribution in [2.24, 2.45) is 5.73 Å². The molecule has 19 heavy (non-hydrogen) atoms. The van der Waals surface area contributed by atoms with Crippen molar-refractivity contribution in [3.8, 4) is 11.5 Å². The van der Waals surface area contributed by atoms with Gasteiger partial charge in [-0.3, -0.25) is 14.9 Å². The molecule has 0 aliphatic rings. The number of nitrogens with two attached hydrogens (primary N) is 1. The van der Waals surface area contributed by atoms with E-state index in [9.17, 15) is 14.9 Å². The summed E-state index contributed by atoms with van der Waals surface area (Å²) in [6.45, 7) is 0.845. The second-order valence-corrected chi connectivity index (χ2v) is 4.10. The van der Waals surface area contributed by atoms with Crippen LogP contribution in [-0.2, 0) is 4.79 Å². The van der Waals surface area contributed by atoms with Gasteiger partial charge in [0.15, 0.2) is 0 Å². The van der Waals surface area contributed by atoms with Crippen molar-refractivity contribution in [2.75, 3.05) is 13.7 Å². The van der Waals surface area contributed by atoms with Gasteiger partial charge in [0.1, 0.15) is 17.9 Å². The number of benzene rings is 1. The average Bonchev–Trinajstić information content (AvgIpc) is 2.35. The van der Waals surface area contributed by atoms with Crippen LogP contribution >= 0.6 is 0 Å². The number of methoxy groups -OCH3 is 1. The van der Waals surface area contributed by atoms with E-state index in [2.05, 4.69) is 0 Å². The molecule has 1 aromatic carbocycles. The maximum absolute atomic E-state index is 10.8. The van der Waals surface area contributed by atoms with E-state index in [0.29, 0.717) is 5.75 Å². The summed E-state index contributed by atoms with van der Waals surface area (Å²) in [6, 6.07) is 3.92. The van der Waals surface area contributed by atoms with Crippen LogP contribution in [0.1, 0.15) is 6.92 Å². The van der Waals surface area contributed by atoms with Gasteiger partial charge in [-0.15, -0.1) is 0 Å². The predicted octanol–water partition coefficient (Wildman–Crippen LogP) is 0.784. The Bertz CT molecular complexity index is 500. The quantitative estimate of drug-likeness (QED) is 0.578. The zero-order valence-electron chi connectivity index (χ0n) is 10.5. The Kier molecular flexibility index (Phi) is 4.28. The lowest BCUT2D eigenvalue weighted by Gasteiger charge is -2.19. The van der Waals surface area contributed by atoms with Crippen molar-refractivity contribution >= 4 is 11.7 Å². The van der Waals surface area contributed by atoms with Gasteiger partial charge in [0, 0.05) is 12.1 Å². The lowest BCUT2D eigenvalue weighted by Crippen LogP contribution is -2.50. The first-order valence-electron chi connectivity index (χ1n) is 5.25. The fourth-order valence-corrected chi connectivity index (χ4v) is 1.18. The Morgan fingerprint density at radius 2 is 2.21 bits per heavy atom. The normalized spacial score (nSPS) is 13.4. The third kappa shape index (κ3) is 3.55. The first kappa shape index (κ1) is 14.7. The molecule has 1 rings (SSSR count). The predicted molar refractivity (Wildman–Crippen MR) is 65.4 cm³/mol. The number of nitro groups is 1. The Hall–Kier alpha value is -2.35. The van der Waals surface area contributed by atoms with Gasteiger partial charge in [-0.2, -0.15) is 0 Å². The molecular formula is C11H14N2O6. The highest BCUT2D eigenvalue weighted by Crippen LogP contribution is 2.31. The Morgan fingerprint density at radius 1 is 1.58 bits per heavy atom. The highest BCUT2D eigenvalue weighted by atomic mass is 16.6. The minimum absolute atomic E-state index is 0.0951. The molecule has 0 heterocycles. The molecule has 0 aliphatic carbocycles. The molecule has 8 heteroatoms. The Balaban J connectivity index is 2.98. The highest BCUT2D eigenvalue weighted by Gasteiger charge is 2.30. The van der Waals surface area contributed by atoms with E-state index >= 15 is 0 Å². The summed E-state index contributed by atoms with van der Waals surface area (Å²) in [5, 5.41) is 19.7. The van der Waals surface area contributed by atoms with Crippen molar-refractivity contribution in [1.82, 2.24) is 0 Å². The molecule has 1 atom stereocenters. The van der Waals surface area contributed by atoms with E-state index in [1.807, 2.05) is 0 Å². The zero-order chi connectivity index (χ0) is 14.6. The van der Waals surface area contributed by atoms with Crippen LogP contribution in [-0.4, -0.2) is 35.3 Å². The first-order chi connectivity index (χ1) is 8.77. The summed E-state index contributed by atoms with van der Waals surface area (Å²) in [6.07, 6.45) is 0. The van der Waals surface area contributed by atoms with Crippen LogP contribution in [0.4, 0.5) is 5.69 Å². The topological polar surface area (TPSA) is 125 Å². The number of nitrogens with zero attached hydrogens (tertiary/aromatic N) is 1. The van der Waals surface area contributed by atoms with Crippen LogP contribution < -0.4 is 15.2 Å². The first-order valence-corrected chi connectivity index (χ1v) is 5.25. The van der Waals surface area contributed by atoms with Gasteiger partial charge in [-0.1, -0.05) is 0 Å². The molecule has 0 aromatic heterocycles. The lowest BCUT2D eigenvalue weighted by atomic mass is 10.1. The number of rotatable bonds is 6. The number of carboxylic acid groups (broad SMARTS) is 1. The van der Waals surface area contributed by atoms with Crippen LogP contribution in [0, 0.1) is 10.1 Å².